The van der Waals surface area contributed by atoms with Crippen LogP contribution < -0.4 is 10.6 Å². The van der Waals surface area contributed by atoms with Gasteiger partial charge in [-0.05, 0) is 5.56 Å². The number of nitrogens with one attached hydrogen (secondary N) is 2. The highest BCUT2D eigenvalue weighted by molar-refractivity contribution is 5.93. The maximum atomic E-state index is 11.6. The van der Waals surface area contributed by atoms with Crippen LogP contribution in [-0.4, -0.2) is 35.7 Å². The van der Waals surface area contributed by atoms with Crippen LogP contribution in [-0.2, 0) is 20.9 Å². The molecule has 0 aromatic heterocycles. The summed E-state index contributed by atoms with van der Waals surface area (Å²) in [4.78, 5) is 34.0. The molecule has 0 aliphatic carbocycles. The number of carboxylic acid groups (broad SMARTS) is 1. The van der Waals surface area contributed by atoms with Crippen molar-refractivity contribution in [3.63, 3.8) is 0 Å². The number of aliphatic carboxylic acids is 1. The summed E-state index contributed by atoms with van der Waals surface area (Å²) >= 11 is 0. The molecule has 1 heterocycles. The van der Waals surface area contributed by atoms with E-state index in [9.17, 15) is 14.4 Å². The van der Waals surface area contributed by atoms with Gasteiger partial charge in [0.2, 0.25) is 5.91 Å². The standard InChI is InChI=1S/C13H14N2O5/c16-11-10(9(6-14-11)12(17)18)15-13(19)20-7-8-4-2-1-3-5-8/h1-5,9-10H,6-7H2,(H,14,16)(H,15,19)(H,17,18). The van der Waals surface area contributed by atoms with Crippen molar-refractivity contribution >= 4 is 18.0 Å². The molecular formula is C13H14N2O5. The lowest BCUT2D eigenvalue weighted by atomic mass is 10.0. The van der Waals surface area contributed by atoms with E-state index < -0.39 is 29.9 Å². The summed E-state index contributed by atoms with van der Waals surface area (Å²) in [6.45, 7) is 0.0521. The Morgan fingerprint density at radius 3 is 2.70 bits per heavy atom. The van der Waals surface area contributed by atoms with E-state index in [1.165, 1.54) is 0 Å². The Morgan fingerprint density at radius 1 is 1.35 bits per heavy atom. The van der Waals surface area contributed by atoms with Crippen molar-refractivity contribution in [3.05, 3.63) is 35.9 Å². The van der Waals surface area contributed by atoms with Gasteiger partial charge in [0, 0.05) is 6.54 Å². The van der Waals surface area contributed by atoms with Gasteiger partial charge in [-0.1, -0.05) is 30.3 Å². The average molecular weight is 278 g/mol. The maximum absolute atomic E-state index is 11.6. The third kappa shape index (κ3) is 3.25. The Hall–Kier alpha value is -2.57. The molecule has 0 saturated carbocycles. The van der Waals surface area contributed by atoms with Gasteiger partial charge in [0.05, 0.1) is 0 Å². The van der Waals surface area contributed by atoms with E-state index in [-0.39, 0.29) is 13.2 Å². The first kappa shape index (κ1) is 13.9. The molecule has 3 N–H and O–H groups in total. The van der Waals surface area contributed by atoms with Gasteiger partial charge in [0.15, 0.2) is 0 Å². The molecular weight excluding hydrogens is 264 g/mol. The zero-order valence-corrected chi connectivity index (χ0v) is 10.5. The highest BCUT2D eigenvalue weighted by Gasteiger charge is 2.40. The van der Waals surface area contributed by atoms with Gasteiger partial charge < -0.3 is 20.5 Å². The van der Waals surface area contributed by atoms with Crippen molar-refractivity contribution in [2.45, 2.75) is 12.6 Å². The molecule has 2 atom stereocenters. The lowest BCUT2D eigenvalue weighted by Crippen LogP contribution is -2.45. The van der Waals surface area contributed by atoms with Gasteiger partial charge in [-0.15, -0.1) is 0 Å². The molecule has 1 saturated heterocycles. The van der Waals surface area contributed by atoms with Crippen molar-refractivity contribution in [3.8, 4) is 0 Å². The summed E-state index contributed by atoms with van der Waals surface area (Å²) in [5.41, 5.74) is 0.799. The lowest BCUT2D eigenvalue weighted by molar-refractivity contribution is -0.142. The van der Waals surface area contributed by atoms with Gasteiger partial charge in [-0.3, -0.25) is 9.59 Å². The first-order valence-electron chi connectivity index (χ1n) is 6.05. The molecule has 106 valence electrons. The highest BCUT2D eigenvalue weighted by Crippen LogP contribution is 2.11. The number of rotatable bonds is 4. The third-order valence-electron chi connectivity index (χ3n) is 2.98. The molecule has 1 fully saturated rings. The first-order chi connectivity index (χ1) is 9.58. The fraction of sp³-hybridized carbons (Fsp3) is 0.308. The molecule has 1 aliphatic rings. The summed E-state index contributed by atoms with van der Waals surface area (Å²) in [7, 11) is 0. The molecule has 7 heteroatoms. The van der Waals surface area contributed by atoms with E-state index in [4.69, 9.17) is 9.84 Å². The topological polar surface area (TPSA) is 105 Å². The molecule has 0 radical (unpaired) electrons. The van der Waals surface area contributed by atoms with Crippen molar-refractivity contribution in [1.29, 1.82) is 0 Å². The number of carbonyl (C=O) groups is 3. The lowest BCUT2D eigenvalue weighted by Gasteiger charge is -2.14. The number of benzene rings is 1. The fourth-order valence-electron chi connectivity index (χ4n) is 1.91. The Kier molecular flexibility index (Phi) is 4.19. The maximum Gasteiger partial charge on any atom is 0.408 e. The largest absolute Gasteiger partial charge is 0.481 e. The van der Waals surface area contributed by atoms with E-state index in [0.29, 0.717) is 0 Å². The summed E-state index contributed by atoms with van der Waals surface area (Å²) in [6, 6.07) is 7.92. The number of amides is 2. The molecule has 0 spiro atoms. The molecule has 0 bridgehead atoms. The van der Waals surface area contributed by atoms with Crippen LogP contribution in [0.1, 0.15) is 5.56 Å². The Bertz CT molecular complexity index is 517. The highest BCUT2D eigenvalue weighted by atomic mass is 16.5. The third-order valence-corrected chi connectivity index (χ3v) is 2.98. The molecule has 1 aromatic carbocycles. The SMILES string of the molecule is O=C(NC1C(=O)NCC1C(=O)O)OCc1ccccc1. The zero-order chi connectivity index (χ0) is 14.5. The van der Waals surface area contributed by atoms with Crippen LogP contribution in [0.25, 0.3) is 0 Å². The normalized spacial score (nSPS) is 21.1. The molecule has 2 amide bonds. The molecule has 1 aromatic rings. The van der Waals surface area contributed by atoms with Crippen LogP contribution in [0.2, 0.25) is 0 Å². The predicted molar refractivity (Wildman–Crippen MR) is 67.7 cm³/mol. The van der Waals surface area contributed by atoms with E-state index in [1.54, 1.807) is 12.1 Å². The molecule has 1 aliphatic heterocycles. The minimum atomic E-state index is -1.14. The summed E-state index contributed by atoms with van der Waals surface area (Å²) < 4.78 is 4.94. The Labute approximate surface area is 114 Å². The first-order valence-corrected chi connectivity index (χ1v) is 6.05. The minimum Gasteiger partial charge on any atom is -0.481 e. The average Bonchev–Trinajstić information content (AvgIpc) is 2.79. The van der Waals surface area contributed by atoms with Gasteiger partial charge in [0.1, 0.15) is 18.6 Å². The van der Waals surface area contributed by atoms with Gasteiger partial charge in [0.25, 0.3) is 0 Å². The van der Waals surface area contributed by atoms with Crippen molar-refractivity contribution in [2.75, 3.05) is 6.54 Å². The number of carbonyl (C=O) groups excluding carboxylic acids is 2. The van der Waals surface area contributed by atoms with Crippen molar-refractivity contribution in [1.82, 2.24) is 10.6 Å². The van der Waals surface area contributed by atoms with Crippen LogP contribution in [0, 0.1) is 5.92 Å². The Morgan fingerprint density at radius 2 is 2.05 bits per heavy atom. The van der Waals surface area contributed by atoms with Crippen LogP contribution in [0.4, 0.5) is 4.79 Å². The van der Waals surface area contributed by atoms with Crippen LogP contribution in [0.15, 0.2) is 30.3 Å². The van der Waals surface area contributed by atoms with E-state index in [2.05, 4.69) is 10.6 Å². The monoisotopic (exact) mass is 278 g/mol. The molecule has 20 heavy (non-hydrogen) atoms. The van der Waals surface area contributed by atoms with Crippen LogP contribution in [0.5, 0.6) is 0 Å². The van der Waals surface area contributed by atoms with E-state index >= 15 is 0 Å². The van der Waals surface area contributed by atoms with Crippen LogP contribution in [0.3, 0.4) is 0 Å². The fourth-order valence-corrected chi connectivity index (χ4v) is 1.91. The second-order valence-corrected chi connectivity index (χ2v) is 4.37. The quantitative estimate of drug-likeness (QED) is 0.725. The van der Waals surface area contributed by atoms with Gasteiger partial charge >= 0.3 is 12.1 Å². The second kappa shape index (κ2) is 6.05. The van der Waals surface area contributed by atoms with Crippen LogP contribution >= 0.6 is 0 Å². The number of hydrogen-bond donors (Lipinski definition) is 3. The second-order valence-electron chi connectivity index (χ2n) is 4.37. The summed E-state index contributed by atoms with van der Waals surface area (Å²) in [6.07, 6.45) is -0.817. The van der Waals surface area contributed by atoms with Gasteiger partial charge in [-0.25, -0.2) is 4.79 Å². The minimum absolute atomic E-state index is 0.00218. The molecule has 2 unspecified atom stereocenters. The number of alkyl carbamates (subject to hydrolysis) is 1. The number of ether oxygens (including phenoxy) is 1. The van der Waals surface area contributed by atoms with Crippen molar-refractivity contribution in [2.24, 2.45) is 5.92 Å². The van der Waals surface area contributed by atoms with Gasteiger partial charge in [-0.2, -0.15) is 0 Å². The summed E-state index contributed by atoms with van der Waals surface area (Å²) in [5.74, 6) is -2.64. The number of carboxylic acids is 1. The van der Waals surface area contributed by atoms with E-state index in [1.807, 2.05) is 18.2 Å². The van der Waals surface area contributed by atoms with E-state index in [0.717, 1.165) is 5.56 Å². The summed E-state index contributed by atoms with van der Waals surface area (Å²) in [5, 5.41) is 13.6. The predicted octanol–water partition coefficient (Wildman–Crippen LogP) is 0.112. The smallest absolute Gasteiger partial charge is 0.408 e. The zero-order valence-electron chi connectivity index (χ0n) is 10.5. The Balaban J connectivity index is 1.87. The van der Waals surface area contributed by atoms with Crippen molar-refractivity contribution < 1.29 is 24.2 Å². The molecule has 7 nitrogen and oxygen atoms in total. The molecule has 2 rings (SSSR count). The number of hydrogen-bond acceptors (Lipinski definition) is 4.